The fourth-order valence-electron chi connectivity index (χ4n) is 6.27. The van der Waals surface area contributed by atoms with Gasteiger partial charge < -0.3 is 10.2 Å². The van der Waals surface area contributed by atoms with E-state index in [0.29, 0.717) is 16.7 Å². The van der Waals surface area contributed by atoms with Gasteiger partial charge in [0.1, 0.15) is 0 Å². The second-order valence-corrected chi connectivity index (χ2v) is 9.23. The van der Waals surface area contributed by atoms with Crippen molar-refractivity contribution in [3.63, 3.8) is 0 Å². The number of hydrogen-bond donors (Lipinski definition) is 2. The van der Waals surface area contributed by atoms with E-state index in [0.717, 1.165) is 18.8 Å². The van der Waals surface area contributed by atoms with Crippen LogP contribution in [0.4, 0.5) is 0 Å². The summed E-state index contributed by atoms with van der Waals surface area (Å²) in [7, 11) is 0. The van der Waals surface area contributed by atoms with Crippen molar-refractivity contribution in [2.24, 2.45) is 28.1 Å². The van der Waals surface area contributed by atoms with E-state index in [9.17, 15) is 10.2 Å². The fraction of sp³-hybridized carbons (Fsp3) is 0.900. The standard InChI is InChI=1S/C20H34O2/c1-14-6-5-7-16-19(14,3)9-8-15-12-18(2,17(22)13-21)10-11-20(15,16)4/h6,15-17,21-22H,5,7-13H2,1-4H3/t15-,16-,17-,18-,19+,20-/m1/s1. The zero-order valence-electron chi connectivity index (χ0n) is 14.9. The van der Waals surface area contributed by atoms with Crippen molar-refractivity contribution in [3.05, 3.63) is 11.6 Å². The average Bonchev–Trinajstić information content (AvgIpc) is 2.49. The van der Waals surface area contributed by atoms with E-state index in [1.165, 1.54) is 32.1 Å². The molecular formula is C20H34O2. The number of hydrogen-bond acceptors (Lipinski definition) is 2. The maximum atomic E-state index is 10.3. The molecule has 0 radical (unpaired) electrons. The molecular weight excluding hydrogens is 272 g/mol. The van der Waals surface area contributed by atoms with Gasteiger partial charge in [-0.2, -0.15) is 0 Å². The maximum Gasteiger partial charge on any atom is 0.0824 e. The first-order valence-electron chi connectivity index (χ1n) is 9.22. The van der Waals surface area contributed by atoms with Crippen LogP contribution in [0.2, 0.25) is 0 Å². The van der Waals surface area contributed by atoms with E-state index in [2.05, 4.69) is 33.8 Å². The van der Waals surface area contributed by atoms with Gasteiger partial charge in [-0.25, -0.2) is 0 Å². The summed E-state index contributed by atoms with van der Waals surface area (Å²) in [5.74, 6) is 1.50. The second-order valence-electron chi connectivity index (χ2n) is 9.23. The van der Waals surface area contributed by atoms with E-state index in [-0.39, 0.29) is 12.0 Å². The van der Waals surface area contributed by atoms with Crippen molar-refractivity contribution in [1.82, 2.24) is 0 Å². The molecule has 2 saturated carbocycles. The highest BCUT2D eigenvalue weighted by molar-refractivity contribution is 5.21. The minimum absolute atomic E-state index is 0.0911. The topological polar surface area (TPSA) is 40.5 Å². The molecule has 3 aliphatic carbocycles. The van der Waals surface area contributed by atoms with Gasteiger partial charge in [0.25, 0.3) is 0 Å². The van der Waals surface area contributed by atoms with Crippen molar-refractivity contribution in [1.29, 1.82) is 0 Å². The Kier molecular flexibility index (Phi) is 4.01. The van der Waals surface area contributed by atoms with Gasteiger partial charge in [-0.05, 0) is 80.0 Å². The summed E-state index contributed by atoms with van der Waals surface area (Å²) in [4.78, 5) is 0. The predicted octanol–water partition coefficient (Wildman–Crippen LogP) is 4.31. The SMILES string of the molecule is CC1=CCC[C@H]2[C@]3(C)CC[C@@](C)([C@H](O)CO)C[C@H]3CC[C@@]12C. The van der Waals surface area contributed by atoms with Crippen LogP contribution in [0.15, 0.2) is 11.6 Å². The number of aliphatic hydroxyl groups is 2. The van der Waals surface area contributed by atoms with Crippen LogP contribution in [0, 0.1) is 28.1 Å². The van der Waals surface area contributed by atoms with Gasteiger partial charge in [0.15, 0.2) is 0 Å². The Morgan fingerprint density at radius 3 is 2.59 bits per heavy atom. The molecule has 2 N–H and O–H groups in total. The molecule has 2 fully saturated rings. The highest BCUT2D eigenvalue weighted by atomic mass is 16.3. The largest absolute Gasteiger partial charge is 0.394 e. The van der Waals surface area contributed by atoms with Crippen LogP contribution in [0.25, 0.3) is 0 Å². The van der Waals surface area contributed by atoms with Crippen LogP contribution in [0.1, 0.15) is 72.6 Å². The molecule has 0 unspecified atom stereocenters. The van der Waals surface area contributed by atoms with Crippen molar-refractivity contribution >= 4 is 0 Å². The molecule has 2 nitrogen and oxygen atoms in total. The van der Waals surface area contributed by atoms with Crippen molar-refractivity contribution in [2.75, 3.05) is 6.61 Å². The zero-order chi connectivity index (χ0) is 16.2. The summed E-state index contributed by atoms with van der Waals surface area (Å²) in [6.07, 6.45) is 10.4. The van der Waals surface area contributed by atoms with E-state index in [1.807, 2.05) is 0 Å². The fourth-order valence-corrected chi connectivity index (χ4v) is 6.27. The number of allylic oxidation sites excluding steroid dienone is 2. The normalized spacial score (nSPS) is 49.8. The number of aliphatic hydroxyl groups excluding tert-OH is 2. The molecule has 0 aromatic carbocycles. The summed E-state index contributed by atoms with van der Waals surface area (Å²) in [6, 6.07) is 0. The first-order valence-corrected chi connectivity index (χ1v) is 9.22. The van der Waals surface area contributed by atoms with Crippen LogP contribution in [-0.4, -0.2) is 22.9 Å². The van der Waals surface area contributed by atoms with Gasteiger partial charge in [0.2, 0.25) is 0 Å². The molecule has 3 aliphatic rings. The molecule has 0 amide bonds. The molecule has 0 heterocycles. The lowest BCUT2D eigenvalue weighted by Crippen LogP contribution is -2.55. The predicted molar refractivity (Wildman–Crippen MR) is 90.5 cm³/mol. The summed E-state index contributed by atoms with van der Waals surface area (Å²) in [5, 5.41) is 19.7. The Labute approximate surface area is 136 Å². The molecule has 0 aliphatic heterocycles. The second kappa shape index (κ2) is 5.34. The molecule has 22 heavy (non-hydrogen) atoms. The van der Waals surface area contributed by atoms with E-state index >= 15 is 0 Å². The van der Waals surface area contributed by atoms with Gasteiger partial charge in [-0.15, -0.1) is 0 Å². The summed E-state index contributed by atoms with van der Waals surface area (Å²) in [5.41, 5.74) is 2.34. The summed E-state index contributed by atoms with van der Waals surface area (Å²) in [6.45, 7) is 9.47. The first-order chi connectivity index (χ1) is 10.3. The Morgan fingerprint density at radius 2 is 1.91 bits per heavy atom. The smallest absolute Gasteiger partial charge is 0.0824 e. The van der Waals surface area contributed by atoms with Crippen molar-refractivity contribution in [2.45, 2.75) is 78.7 Å². The third-order valence-electron chi connectivity index (χ3n) is 8.24. The molecule has 0 spiro atoms. The molecule has 0 aromatic rings. The van der Waals surface area contributed by atoms with E-state index in [4.69, 9.17) is 0 Å². The van der Waals surface area contributed by atoms with Crippen LogP contribution in [-0.2, 0) is 0 Å². The molecule has 0 aromatic heterocycles. The quantitative estimate of drug-likeness (QED) is 0.746. The first kappa shape index (κ1) is 16.5. The average molecular weight is 306 g/mol. The van der Waals surface area contributed by atoms with Crippen LogP contribution in [0.3, 0.4) is 0 Å². The molecule has 3 rings (SSSR count). The summed E-state index contributed by atoms with van der Waals surface area (Å²) < 4.78 is 0. The lowest BCUT2D eigenvalue weighted by Gasteiger charge is -2.62. The lowest BCUT2D eigenvalue weighted by atomic mass is 9.42. The highest BCUT2D eigenvalue weighted by Gasteiger charge is 2.58. The Morgan fingerprint density at radius 1 is 1.18 bits per heavy atom. The highest BCUT2D eigenvalue weighted by Crippen LogP contribution is 2.66. The number of fused-ring (bicyclic) bond motifs is 3. The van der Waals surface area contributed by atoms with Crippen LogP contribution in [0.5, 0.6) is 0 Å². The molecule has 0 saturated heterocycles. The number of rotatable bonds is 2. The molecule has 6 atom stereocenters. The van der Waals surface area contributed by atoms with Crippen LogP contribution < -0.4 is 0 Å². The minimum atomic E-state index is -0.557. The van der Waals surface area contributed by atoms with Gasteiger partial charge >= 0.3 is 0 Å². The van der Waals surface area contributed by atoms with Gasteiger partial charge in [0.05, 0.1) is 12.7 Å². The molecule has 126 valence electrons. The van der Waals surface area contributed by atoms with Gasteiger partial charge in [0, 0.05) is 0 Å². The third-order valence-corrected chi connectivity index (χ3v) is 8.24. The Balaban J connectivity index is 1.88. The summed E-state index contributed by atoms with van der Waals surface area (Å²) >= 11 is 0. The van der Waals surface area contributed by atoms with Gasteiger partial charge in [-0.1, -0.05) is 32.4 Å². The van der Waals surface area contributed by atoms with Gasteiger partial charge in [-0.3, -0.25) is 0 Å². The maximum absolute atomic E-state index is 10.3. The van der Waals surface area contributed by atoms with E-state index in [1.54, 1.807) is 5.57 Å². The lowest BCUT2D eigenvalue weighted by molar-refractivity contribution is -0.131. The van der Waals surface area contributed by atoms with Crippen molar-refractivity contribution < 1.29 is 10.2 Å². The Hall–Kier alpha value is -0.340. The molecule has 2 heteroatoms. The van der Waals surface area contributed by atoms with Crippen molar-refractivity contribution in [3.8, 4) is 0 Å². The third kappa shape index (κ3) is 2.21. The van der Waals surface area contributed by atoms with E-state index < -0.39 is 6.10 Å². The molecule has 0 bridgehead atoms. The van der Waals surface area contributed by atoms with Crippen LogP contribution >= 0.6 is 0 Å². The minimum Gasteiger partial charge on any atom is -0.394 e. The Bertz CT molecular complexity index is 470. The monoisotopic (exact) mass is 306 g/mol. The zero-order valence-corrected chi connectivity index (χ0v) is 14.9.